The minimum Gasteiger partial charge on any atom is -0.342 e. The van der Waals surface area contributed by atoms with Gasteiger partial charge in [-0.25, -0.2) is 9.97 Å². The molecule has 1 amide bonds. The summed E-state index contributed by atoms with van der Waals surface area (Å²) < 4.78 is 0. The molecule has 3 rings (SSSR count). The van der Waals surface area contributed by atoms with Crippen LogP contribution in [0.25, 0.3) is 0 Å². The highest BCUT2D eigenvalue weighted by Crippen LogP contribution is 2.50. The smallest absolute Gasteiger partial charge is 0.219 e. The maximum absolute atomic E-state index is 11.6. The van der Waals surface area contributed by atoms with Crippen molar-refractivity contribution in [2.24, 2.45) is 0 Å². The van der Waals surface area contributed by atoms with E-state index < -0.39 is 0 Å². The number of thioether (sulfide) groups is 2. The third kappa shape index (κ3) is 3.03. The zero-order valence-corrected chi connectivity index (χ0v) is 14.7. The maximum Gasteiger partial charge on any atom is 0.219 e. The molecule has 0 aromatic carbocycles. The van der Waals surface area contributed by atoms with Crippen molar-refractivity contribution in [1.29, 1.82) is 0 Å². The van der Waals surface area contributed by atoms with E-state index in [4.69, 9.17) is 11.6 Å². The Kier molecular flexibility index (Phi) is 4.39. The quantitative estimate of drug-likeness (QED) is 0.467. The molecule has 3 heterocycles. The van der Waals surface area contributed by atoms with Crippen LogP contribution in [0.1, 0.15) is 38.7 Å². The molecule has 1 saturated heterocycles. The Morgan fingerprint density at radius 1 is 1.48 bits per heavy atom. The van der Waals surface area contributed by atoms with E-state index in [-0.39, 0.29) is 5.91 Å². The number of halogens is 1. The highest BCUT2D eigenvalue weighted by atomic mass is 35.5. The van der Waals surface area contributed by atoms with Crippen molar-refractivity contribution in [3.05, 3.63) is 10.7 Å². The Labute approximate surface area is 138 Å². The molecule has 21 heavy (non-hydrogen) atoms. The van der Waals surface area contributed by atoms with Gasteiger partial charge in [0.25, 0.3) is 0 Å². The first-order chi connectivity index (χ1) is 9.95. The lowest BCUT2D eigenvalue weighted by molar-refractivity contribution is -0.129. The third-order valence-corrected chi connectivity index (χ3v) is 6.29. The number of amides is 1. The van der Waals surface area contributed by atoms with Crippen LogP contribution in [0, 0.1) is 0 Å². The number of piperidine rings is 1. The minimum absolute atomic E-state index is 0.151. The van der Waals surface area contributed by atoms with Gasteiger partial charge < -0.3 is 4.90 Å². The van der Waals surface area contributed by atoms with Gasteiger partial charge in [-0.2, -0.15) is 0 Å². The van der Waals surface area contributed by atoms with Crippen molar-refractivity contribution in [2.45, 2.75) is 53.8 Å². The van der Waals surface area contributed by atoms with Crippen molar-refractivity contribution < 1.29 is 4.79 Å². The molecular formula is C14H18ClN3OS2. The molecule has 0 bridgehead atoms. The fourth-order valence-corrected chi connectivity index (χ4v) is 5.54. The predicted molar refractivity (Wildman–Crippen MR) is 87.3 cm³/mol. The minimum atomic E-state index is 0.151. The SMILES string of the molecule is CC(=O)N1CCC2c3c(Cl)nc(SC(C)C)nc3SC2C1. The van der Waals surface area contributed by atoms with Gasteiger partial charge in [0.15, 0.2) is 5.16 Å². The number of fused-ring (bicyclic) bond motifs is 3. The Bertz CT molecular complexity index is 582. The first-order valence-electron chi connectivity index (χ1n) is 7.12. The molecule has 2 aliphatic heterocycles. The van der Waals surface area contributed by atoms with Crippen LogP contribution >= 0.6 is 35.1 Å². The lowest BCUT2D eigenvalue weighted by Crippen LogP contribution is -2.42. The lowest BCUT2D eigenvalue weighted by Gasteiger charge is -2.33. The summed E-state index contributed by atoms with van der Waals surface area (Å²) in [6.45, 7) is 7.45. The molecule has 4 nitrogen and oxygen atoms in total. The highest BCUT2D eigenvalue weighted by Gasteiger charge is 2.41. The summed E-state index contributed by atoms with van der Waals surface area (Å²) in [6.07, 6.45) is 0.948. The largest absolute Gasteiger partial charge is 0.342 e. The fourth-order valence-electron chi connectivity index (χ4n) is 2.87. The molecule has 114 valence electrons. The standard InChI is InChI=1S/C14H18ClN3OS2/c1-7(2)20-14-16-12(15)11-9-4-5-18(8(3)19)6-10(9)21-13(11)17-14/h7,9-10H,4-6H2,1-3H3. The van der Waals surface area contributed by atoms with Gasteiger partial charge in [0.2, 0.25) is 5.91 Å². The summed E-state index contributed by atoms with van der Waals surface area (Å²) in [5, 5.41) is 3.16. The van der Waals surface area contributed by atoms with Crippen LogP contribution < -0.4 is 0 Å². The van der Waals surface area contributed by atoms with Gasteiger partial charge in [0.05, 0.1) is 0 Å². The molecule has 0 aliphatic carbocycles. The molecule has 0 N–H and O–H groups in total. The molecule has 2 atom stereocenters. The van der Waals surface area contributed by atoms with Crippen molar-refractivity contribution in [3.63, 3.8) is 0 Å². The number of hydrogen-bond donors (Lipinski definition) is 0. The number of hydrogen-bond acceptors (Lipinski definition) is 5. The van der Waals surface area contributed by atoms with E-state index in [1.54, 1.807) is 30.4 Å². The molecule has 2 unspecified atom stereocenters. The molecule has 2 aliphatic rings. The molecule has 1 aromatic rings. The van der Waals surface area contributed by atoms with Gasteiger partial charge in [-0.05, 0) is 6.42 Å². The number of nitrogens with zero attached hydrogens (tertiary/aromatic N) is 3. The second-order valence-electron chi connectivity index (χ2n) is 5.70. The van der Waals surface area contributed by atoms with Crippen molar-refractivity contribution in [3.8, 4) is 0 Å². The summed E-state index contributed by atoms with van der Waals surface area (Å²) in [7, 11) is 0. The summed E-state index contributed by atoms with van der Waals surface area (Å²) >= 11 is 9.81. The Morgan fingerprint density at radius 2 is 2.24 bits per heavy atom. The molecule has 0 saturated carbocycles. The van der Waals surface area contributed by atoms with E-state index in [1.807, 2.05) is 4.90 Å². The molecule has 7 heteroatoms. The van der Waals surface area contributed by atoms with E-state index >= 15 is 0 Å². The molecular weight excluding hydrogens is 326 g/mol. The maximum atomic E-state index is 11.6. The van der Waals surface area contributed by atoms with E-state index in [0.29, 0.717) is 21.6 Å². The number of carbonyl (C=O) groups is 1. The van der Waals surface area contributed by atoms with E-state index in [1.165, 1.54) is 0 Å². The summed E-state index contributed by atoms with van der Waals surface area (Å²) in [4.78, 5) is 22.6. The lowest BCUT2D eigenvalue weighted by atomic mass is 9.91. The van der Waals surface area contributed by atoms with Gasteiger partial charge in [-0.3, -0.25) is 4.79 Å². The number of aromatic nitrogens is 2. The normalized spacial score (nSPS) is 24.1. The summed E-state index contributed by atoms with van der Waals surface area (Å²) in [5.41, 5.74) is 1.10. The van der Waals surface area contributed by atoms with Crippen LogP contribution in [0.15, 0.2) is 10.2 Å². The van der Waals surface area contributed by atoms with Gasteiger partial charge in [-0.1, -0.05) is 37.2 Å². The third-order valence-electron chi connectivity index (χ3n) is 3.82. The highest BCUT2D eigenvalue weighted by molar-refractivity contribution is 8.00. The van der Waals surface area contributed by atoms with E-state index in [9.17, 15) is 4.79 Å². The van der Waals surface area contributed by atoms with Crippen LogP contribution in [0.2, 0.25) is 5.15 Å². The average Bonchev–Trinajstić information content (AvgIpc) is 2.74. The van der Waals surface area contributed by atoms with Gasteiger partial charge >= 0.3 is 0 Å². The Balaban J connectivity index is 1.86. The molecule has 1 aromatic heterocycles. The van der Waals surface area contributed by atoms with Crippen LogP contribution in [-0.2, 0) is 4.79 Å². The zero-order chi connectivity index (χ0) is 15.1. The fraction of sp³-hybridized carbons (Fsp3) is 0.643. The Morgan fingerprint density at radius 3 is 2.90 bits per heavy atom. The topological polar surface area (TPSA) is 46.1 Å². The van der Waals surface area contributed by atoms with E-state index in [0.717, 1.165) is 35.3 Å². The van der Waals surface area contributed by atoms with Crippen LogP contribution in [0.4, 0.5) is 0 Å². The van der Waals surface area contributed by atoms with Crippen LogP contribution in [-0.4, -0.2) is 44.4 Å². The molecule has 0 spiro atoms. The second-order valence-corrected chi connectivity index (χ2v) is 8.83. The van der Waals surface area contributed by atoms with Gasteiger partial charge in [0, 0.05) is 42.0 Å². The molecule has 0 radical (unpaired) electrons. The van der Waals surface area contributed by atoms with Gasteiger partial charge in [-0.15, -0.1) is 11.8 Å². The van der Waals surface area contributed by atoms with Crippen LogP contribution in [0.3, 0.4) is 0 Å². The molecule has 1 fully saturated rings. The summed E-state index contributed by atoms with van der Waals surface area (Å²) in [6, 6.07) is 0. The van der Waals surface area contributed by atoms with Crippen molar-refractivity contribution in [2.75, 3.05) is 13.1 Å². The van der Waals surface area contributed by atoms with Crippen molar-refractivity contribution in [1.82, 2.24) is 14.9 Å². The number of likely N-dealkylation sites (tertiary alicyclic amines) is 1. The zero-order valence-electron chi connectivity index (χ0n) is 12.3. The first kappa shape index (κ1) is 15.4. The predicted octanol–water partition coefficient (Wildman–Crippen LogP) is 3.44. The summed E-state index contributed by atoms with van der Waals surface area (Å²) in [5.74, 6) is 0.532. The first-order valence-corrected chi connectivity index (χ1v) is 9.25. The monoisotopic (exact) mass is 343 g/mol. The van der Waals surface area contributed by atoms with Gasteiger partial charge in [0.1, 0.15) is 10.2 Å². The Hall–Kier alpha value is -0.460. The number of rotatable bonds is 2. The van der Waals surface area contributed by atoms with E-state index in [2.05, 4.69) is 23.8 Å². The van der Waals surface area contributed by atoms with Crippen LogP contribution in [0.5, 0.6) is 0 Å². The second kappa shape index (κ2) is 5.97. The number of carbonyl (C=O) groups excluding carboxylic acids is 1. The average molecular weight is 344 g/mol. The van der Waals surface area contributed by atoms with Crippen molar-refractivity contribution >= 4 is 41.0 Å².